The number of amides is 2. The van der Waals surface area contributed by atoms with Crippen LogP contribution in [0.5, 0.6) is 0 Å². The molecule has 1 saturated heterocycles. The van der Waals surface area contributed by atoms with Gasteiger partial charge in [-0.15, -0.1) is 0 Å². The zero-order valence-electron chi connectivity index (χ0n) is 21.4. The number of carbonyl (C=O) groups is 2. The molecule has 5 rings (SSSR count). The summed E-state index contributed by atoms with van der Waals surface area (Å²) in [5.41, 5.74) is 1.50. The van der Waals surface area contributed by atoms with Crippen LogP contribution in [0.1, 0.15) is 11.3 Å². The van der Waals surface area contributed by atoms with E-state index in [1.54, 1.807) is 42.7 Å². The molecule has 2 amide bonds. The summed E-state index contributed by atoms with van der Waals surface area (Å²) in [6.07, 6.45) is 4.69. The van der Waals surface area contributed by atoms with Gasteiger partial charge in [-0.1, -0.05) is 42.5 Å². The Bertz CT molecular complexity index is 1710. The van der Waals surface area contributed by atoms with E-state index in [-0.39, 0.29) is 28.8 Å². The first-order valence-electron chi connectivity index (χ1n) is 12.2. The first-order chi connectivity index (χ1) is 19.3. The van der Waals surface area contributed by atoms with Gasteiger partial charge in [0, 0.05) is 55.9 Å². The highest BCUT2D eigenvalue weighted by Gasteiger charge is 2.25. The second kappa shape index (κ2) is 11.8. The third kappa shape index (κ3) is 6.45. The topological polar surface area (TPSA) is 146 Å². The molecule has 4 aromatic rings. The van der Waals surface area contributed by atoms with Crippen LogP contribution in [0.4, 0.5) is 16.6 Å². The van der Waals surface area contributed by atoms with E-state index in [2.05, 4.69) is 30.3 Å². The number of anilines is 2. The Labute approximate surface area is 235 Å². The average Bonchev–Trinajstić information content (AvgIpc) is 3.27. The Morgan fingerprint density at radius 2 is 1.85 bits per heavy atom. The quantitative estimate of drug-likeness (QED) is 0.190. The summed E-state index contributed by atoms with van der Waals surface area (Å²) in [4.78, 5) is 39.1. The Balaban J connectivity index is 1.32. The van der Waals surface area contributed by atoms with Crippen LogP contribution in [0.15, 0.2) is 82.9 Å². The lowest BCUT2D eigenvalue weighted by atomic mass is 10.2. The van der Waals surface area contributed by atoms with Crippen LogP contribution in [-0.2, 0) is 21.4 Å². The van der Waals surface area contributed by atoms with Crippen molar-refractivity contribution in [2.75, 3.05) is 30.4 Å². The van der Waals surface area contributed by atoms with Crippen molar-refractivity contribution in [1.82, 2.24) is 25.0 Å². The number of rotatable bonds is 10. The maximum Gasteiger partial charge on any atom is 0.290 e. The molecule has 1 aliphatic heterocycles. The number of thioether (sulfide) groups is 1. The molecular weight excluding hydrogens is 550 g/mol. The molecule has 40 heavy (non-hydrogen) atoms. The predicted molar refractivity (Wildman–Crippen MR) is 155 cm³/mol. The fourth-order valence-corrected chi connectivity index (χ4v) is 5.99. The number of hydrogen-bond donors (Lipinski definition) is 3. The minimum atomic E-state index is -3.79. The number of imide groups is 1. The van der Waals surface area contributed by atoms with Crippen molar-refractivity contribution in [1.29, 1.82) is 0 Å². The molecule has 0 spiro atoms. The second-order valence-corrected chi connectivity index (χ2v) is 11.6. The van der Waals surface area contributed by atoms with Crippen LogP contribution >= 0.6 is 11.8 Å². The summed E-state index contributed by atoms with van der Waals surface area (Å²) in [5, 5.41) is 6.16. The van der Waals surface area contributed by atoms with Gasteiger partial charge in [0.2, 0.25) is 16.0 Å². The molecule has 0 atom stereocenters. The molecular formula is C27H25N7O4S2. The molecule has 1 fully saturated rings. The van der Waals surface area contributed by atoms with E-state index < -0.39 is 21.2 Å². The van der Waals surface area contributed by atoms with Crippen molar-refractivity contribution < 1.29 is 18.0 Å². The van der Waals surface area contributed by atoms with Gasteiger partial charge in [-0.3, -0.25) is 19.9 Å². The minimum absolute atomic E-state index is 0.0699. The third-order valence-corrected chi connectivity index (χ3v) is 8.27. The molecule has 2 aromatic carbocycles. The summed E-state index contributed by atoms with van der Waals surface area (Å²) in [6, 6.07) is 18.3. The van der Waals surface area contributed by atoms with E-state index in [9.17, 15) is 18.0 Å². The van der Waals surface area contributed by atoms with E-state index in [1.807, 2.05) is 42.3 Å². The van der Waals surface area contributed by atoms with Crippen molar-refractivity contribution in [2.45, 2.75) is 11.4 Å². The van der Waals surface area contributed by atoms with Gasteiger partial charge >= 0.3 is 0 Å². The van der Waals surface area contributed by atoms with Gasteiger partial charge in [-0.2, -0.15) is 4.98 Å². The first kappa shape index (κ1) is 27.2. The zero-order chi connectivity index (χ0) is 28.1. The molecule has 0 radical (unpaired) electrons. The maximum absolute atomic E-state index is 13.0. The van der Waals surface area contributed by atoms with E-state index in [0.29, 0.717) is 23.4 Å². The highest BCUT2D eigenvalue weighted by molar-refractivity contribution is 8.18. The Morgan fingerprint density at radius 3 is 2.62 bits per heavy atom. The lowest BCUT2D eigenvalue weighted by Gasteiger charge is -2.19. The predicted octanol–water partition coefficient (Wildman–Crippen LogP) is 3.38. The van der Waals surface area contributed by atoms with Gasteiger partial charge in [-0.25, -0.2) is 18.1 Å². The molecule has 0 saturated carbocycles. The summed E-state index contributed by atoms with van der Waals surface area (Å²) >= 11 is 0.801. The number of aromatic nitrogens is 3. The average molecular weight is 576 g/mol. The van der Waals surface area contributed by atoms with E-state index >= 15 is 0 Å². The first-order valence-corrected chi connectivity index (χ1v) is 14.5. The van der Waals surface area contributed by atoms with Gasteiger partial charge in [-0.05, 0) is 35.5 Å². The normalized spacial score (nSPS) is 14.5. The highest BCUT2D eigenvalue weighted by atomic mass is 32.2. The number of nitrogens with one attached hydrogen (secondary N) is 3. The smallest absolute Gasteiger partial charge is 0.290 e. The van der Waals surface area contributed by atoms with Gasteiger partial charge in [0.25, 0.3) is 11.1 Å². The van der Waals surface area contributed by atoms with Crippen LogP contribution in [0, 0.1) is 0 Å². The van der Waals surface area contributed by atoms with E-state index in [1.165, 1.54) is 6.08 Å². The molecule has 0 bridgehead atoms. The number of nitrogens with zero attached hydrogens (tertiary/aromatic N) is 4. The molecule has 1 aliphatic rings. The zero-order valence-corrected chi connectivity index (χ0v) is 23.0. The van der Waals surface area contributed by atoms with Crippen molar-refractivity contribution in [3.63, 3.8) is 0 Å². The second-order valence-electron chi connectivity index (χ2n) is 8.85. The fourth-order valence-electron chi connectivity index (χ4n) is 4.06. The van der Waals surface area contributed by atoms with Crippen molar-refractivity contribution >= 4 is 61.5 Å². The number of pyridine rings is 1. The van der Waals surface area contributed by atoms with E-state index in [4.69, 9.17) is 0 Å². The summed E-state index contributed by atoms with van der Waals surface area (Å²) in [6.45, 7) is 0.836. The van der Waals surface area contributed by atoms with Crippen LogP contribution in [0.25, 0.3) is 16.8 Å². The largest absolute Gasteiger partial charge is 0.355 e. The van der Waals surface area contributed by atoms with Crippen LogP contribution in [-0.4, -0.2) is 54.7 Å². The van der Waals surface area contributed by atoms with Gasteiger partial charge in [0.1, 0.15) is 5.82 Å². The monoisotopic (exact) mass is 575 g/mol. The Morgan fingerprint density at radius 1 is 1.02 bits per heavy atom. The third-order valence-electron chi connectivity index (χ3n) is 5.94. The molecule has 0 unspecified atom stereocenters. The standard InChI is InChI=1S/C27H25N7O4S2/c1-34(17-18-6-3-2-4-7-18)24-15-20(14-22-25(35)33-27(36)39-22)31-26(32-24)29-12-13-30-40(37,38)23-9-5-8-19-16-28-11-10-21(19)23/h2-11,14-16,30H,12-13,17H2,1H3,(H,29,31,32)(H,33,35,36)/b22-14+. The Kier molecular flexibility index (Phi) is 8.05. The number of fused-ring (bicyclic) bond motifs is 1. The van der Waals surface area contributed by atoms with Crippen molar-refractivity contribution in [3.8, 4) is 0 Å². The summed E-state index contributed by atoms with van der Waals surface area (Å²) in [7, 11) is -1.91. The highest BCUT2D eigenvalue weighted by Crippen LogP contribution is 2.27. The lowest BCUT2D eigenvalue weighted by molar-refractivity contribution is -0.115. The minimum Gasteiger partial charge on any atom is -0.355 e. The van der Waals surface area contributed by atoms with Gasteiger partial charge < -0.3 is 10.2 Å². The van der Waals surface area contributed by atoms with Gasteiger partial charge in [0.15, 0.2) is 0 Å². The van der Waals surface area contributed by atoms with Crippen LogP contribution < -0.4 is 20.3 Å². The number of sulfonamides is 1. The molecule has 0 aliphatic carbocycles. The van der Waals surface area contributed by atoms with E-state index in [0.717, 1.165) is 22.7 Å². The molecule has 13 heteroatoms. The molecule has 204 valence electrons. The Hall–Kier alpha value is -4.33. The summed E-state index contributed by atoms with van der Waals surface area (Å²) < 4.78 is 28.6. The molecule has 3 N–H and O–H groups in total. The fraction of sp³-hybridized carbons (Fsp3) is 0.148. The van der Waals surface area contributed by atoms with Gasteiger partial charge in [0.05, 0.1) is 15.5 Å². The van der Waals surface area contributed by atoms with Crippen molar-refractivity contribution in [2.24, 2.45) is 0 Å². The molecule has 11 nitrogen and oxygen atoms in total. The van der Waals surface area contributed by atoms with Crippen LogP contribution in [0.3, 0.4) is 0 Å². The SMILES string of the molecule is CN(Cc1ccccc1)c1cc(/C=C2/SC(=O)NC2=O)nc(NCCNS(=O)(=O)c2cccc3cnccc23)n1. The van der Waals surface area contributed by atoms with Crippen molar-refractivity contribution in [3.05, 3.63) is 89.2 Å². The van der Waals surface area contributed by atoms with Crippen LogP contribution in [0.2, 0.25) is 0 Å². The number of benzene rings is 2. The summed E-state index contributed by atoms with van der Waals surface area (Å²) in [5.74, 6) is 0.336. The molecule has 3 heterocycles. The maximum atomic E-state index is 13.0. The lowest BCUT2D eigenvalue weighted by Crippen LogP contribution is -2.29. The molecule has 2 aromatic heterocycles. The number of carbonyl (C=O) groups excluding carboxylic acids is 2. The number of hydrogen-bond acceptors (Lipinski definition) is 10.